The first-order valence-corrected chi connectivity index (χ1v) is 8.50. The molecule has 1 heterocycles. The molecule has 0 aliphatic carbocycles. The SMILES string of the molecule is Cc1nn(-c2ccccc2)cc1C=C(C#N)C(=O)Nc1cccc(C(F)(F)F)c1. The summed E-state index contributed by atoms with van der Waals surface area (Å²) in [6, 6.07) is 15.3. The van der Waals surface area contributed by atoms with Crippen LogP contribution in [0.2, 0.25) is 0 Å². The minimum atomic E-state index is -4.53. The minimum Gasteiger partial charge on any atom is -0.321 e. The van der Waals surface area contributed by atoms with Crippen molar-refractivity contribution in [2.45, 2.75) is 13.1 Å². The number of alkyl halides is 3. The molecule has 0 fully saturated rings. The average Bonchev–Trinajstić information content (AvgIpc) is 3.06. The molecule has 146 valence electrons. The maximum absolute atomic E-state index is 12.8. The van der Waals surface area contributed by atoms with Gasteiger partial charge in [-0.15, -0.1) is 0 Å². The maximum atomic E-state index is 12.8. The highest BCUT2D eigenvalue weighted by molar-refractivity contribution is 6.09. The van der Waals surface area contributed by atoms with E-state index >= 15 is 0 Å². The lowest BCUT2D eigenvalue weighted by atomic mass is 10.1. The van der Waals surface area contributed by atoms with Gasteiger partial charge in [-0.1, -0.05) is 24.3 Å². The Morgan fingerprint density at radius 3 is 2.55 bits per heavy atom. The summed E-state index contributed by atoms with van der Waals surface area (Å²) in [5, 5.41) is 16.0. The smallest absolute Gasteiger partial charge is 0.321 e. The van der Waals surface area contributed by atoms with Crippen LogP contribution in [-0.2, 0) is 11.0 Å². The van der Waals surface area contributed by atoms with Gasteiger partial charge in [0.2, 0.25) is 0 Å². The van der Waals surface area contributed by atoms with E-state index in [9.17, 15) is 23.2 Å². The van der Waals surface area contributed by atoms with Crippen molar-refractivity contribution in [3.05, 3.63) is 83.2 Å². The number of halogens is 3. The second-order valence-corrected chi connectivity index (χ2v) is 6.15. The fourth-order valence-electron chi connectivity index (χ4n) is 2.60. The molecule has 29 heavy (non-hydrogen) atoms. The Labute approximate surface area is 164 Å². The Kier molecular flexibility index (Phi) is 5.50. The van der Waals surface area contributed by atoms with Crippen molar-refractivity contribution in [1.82, 2.24) is 9.78 Å². The maximum Gasteiger partial charge on any atom is 0.416 e. The molecule has 0 saturated carbocycles. The largest absolute Gasteiger partial charge is 0.416 e. The molecule has 0 aliphatic heterocycles. The summed E-state index contributed by atoms with van der Waals surface area (Å²) < 4.78 is 40.1. The van der Waals surface area contributed by atoms with E-state index in [1.54, 1.807) is 23.9 Å². The molecule has 8 heteroatoms. The van der Waals surface area contributed by atoms with Crippen LogP contribution >= 0.6 is 0 Å². The molecule has 0 unspecified atom stereocenters. The van der Waals surface area contributed by atoms with E-state index in [1.165, 1.54) is 18.2 Å². The standard InChI is InChI=1S/C21H15F3N4O/c1-14-16(13-28(27-14)19-8-3-2-4-9-19)10-15(12-25)20(29)26-18-7-5-6-17(11-18)21(22,23)24/h2-11,13H,1H3,(H,26,29). The Hall–Kier alpha value is -3.86. The molecule has 0 saturated heterocycles. The first-order valence-electron chi connectivity index (χ1n) is 8.50. The Balaban J connectivity index is 1.85. The van der Waals surface area contributed by atoms with Gasteiger partial charge < -0.3 is 5.32 Å². The number of nitrogens with one attached hydrogen (secondary N) is 1. The second kappa shape index (κ2) is 8.02. The number of nitrogens with zero attached hydrogens (tertiary/aromatic N) is 3. The van der Waals surface area contributed by atoms with E-state index in [-0.39, 0.29) is 11.3 Å². The number of benzene rings is 2. The lowest BCUT2D eigenvalue weighted by molar-refractivity contribution is -0.137. The van der Waals surface area contributed by atoms with E-state index in [1.807, 2.05) is 30.3 Å². The molecule has 3 aromatic rings. The van der Waals surface area contributed by atoms with Crippen LogP contribution in [0.5, 0.6) is 0 Å². The summed E-state index contributed by atoms with van der Waals surface area (Å²) >= 11 is 0. The molecular formula is C21H15F3N4O. The summed E-state index contributed by atoms with van der Waals surface area (Å²) in [5.41, 5.74) is 0.749. The predicted octanol–water partition coefficient (Wildman–Crippen LogP) is 4.75. The number of aromatic nitrogens is 2. The molecule has 0 radical (unpaired) electrons. The van der Waals surface area contributed by atoms with E-state index < -0.39 is 17.6 Å². The number of carbonyl (C=O) groups excluding carboxylic acids is 1. The van der Waals surface area contributed by atoms with Gasteiger partial charge in [0.05, 0.1) is 16.9 Å². The van der Waals surface area contributed by atoms with Gasteiger partial charge >= 0.3 is 6.18 Å². The quantitative estimate of drug-likeness (QED) is 0.511. The lowest BCUT2D eigenvalue weighted by Gasteiger charge is -2.09. The fourth-order valence-corrected chi connectivity index (χ4v) is 2.60. The van der Waals surface area contributed by atoms with E-state index in [2.05, 4.69) is 10.4 Å². The first-order chi connectivity index (χ1) is 13.8. The number of aryl methyl sites for hydroxylation is 1. The minimum absolute atomic E-state index is 0.0531. The summed E-state index contributed by atoms with van der Waals surface area (Å²) in [5.74, 6) is -0.807. The van der Waals surface area contributed by atoms with E-state index in [4.69, 9.17) is 0 Å². The molecule has 1 amide bonds. The molecular weight excluding hydrogens is 381 g/mol. The summed E-state index contributed by atoms with van der Waals surface area (Å²) in [6.07, 6.45) is -1.51. The Morgan fingerprint density at radius 2 is 1.90 bits per heavy atom. The number of rotatable bonds is 4. The van der Waals surface area contributed by atoms with Crippen molar-refractivity contribution in [3.8, 4) is 11.8 Å². The summed E-state index contributed by atoms with van der Waals surface area (Å²) in [4.78, 5) is 12.4. The van der Waals surface area contributed by atoms with Crippen molar-refractivity contribution in [3.63, 3.8) is 0 Å². The van der Waals surface area contributed by atoms with E-state index in [0.29, 0.717) is 11.3 Å². The molecule has 2 aromatic carbocycles. The van der Waals surface area contributed by atoms with Crippen LogP contribution < -0.4 is 5.32 Å². The van der Waals surface area contributed by atoms with Crippen LogP contribution in [-0.4, -0.2) is 15.7 Å². The highest BCUT2D eigenvalue weighted by atomic mass is 19.4. The topological polar surface area (TPSA) is 70.7 Å². The van der Waals surface area contributed by atoms with Gasteiger partial charge in [-0.05, 0) is 43.3 Å². The molecule has 3 rings (SSSR count). The average molecular weight is 396 g/mol. The van der Waals surface area contributed by atoms with Crippen LogP contribution in [0.3, 0.4) is 0 Å². The van der Waals surface area contributed by atoms with Crippen LogP contribution in [0.4, 0.5) is 18.9 Å². The van der Waals surface area contributed by atoms with Crippen molar-refractivity contribution >= 4 is 17.7 Å². The molecule has 1 N–H and O–H groups in total. The van der Waals surface area contributed by atoms with Gasteiger partial charge in [0.25, 0.3) is 5.91 Å². The van der Waals surface area contributed by atoms with Gasteiger partial charge in [-0.25, -0.2) is 4.68 Å². The number of nitriles is 1. The van der Waals surface area contributed by atoms with E-state index in [0.717, 1.165) is 17.8 Å². The van der Waals surface area contributed by atoms with Gasteiger partial charge in [-0.2, -0.15) is 23.5 Å². The fraction of sp³-hybridized carbons (Fsp3) is 0.0952. The van der Waals surface area contributed by atoms with Gasteiger partial charge in [0.1, 0.15) is 11.6 Å². The third kappa shape index (κ3) is 4.71. The van der Waals surface area contributed by atoms with Gasteiger partial charge in [0, 0.05) is 17.4 Å². The molecule has 0 bridgehead atoms. The monoisotopic (exact) mass is 396 g/mol. The van der Waals surface area contributed by atoms with Crippen molar-refractivity contribution < 1.29 is 18.0 Å². The number of anilines is 1. The summed E-state index contributed by atoms with van der Waals surface area (Å²) in [6.45, 7) is 1.73. The number of hydrogen-bond donors (Lipinski definition) is 1. The van der Waals surface area contributed by atoms with Crippen molar-refractivity contribution in [2.24, 2.45) is 0 Å². The number of hydrogen-bond acceptors (Lipinski definition) is 3. The molecule has 0 spiro atoms. The number of amides is 1. The van der Waals surface area contributed by atoms with Crippen molar-refractivity contribution in [1.29, 1.82) is 5.26 Å². The van der Waals surface area contributed by atoms with Gasteiger partial charge in [-0.3, -0.25) is 4.79 Å². The van der Waals surface area contributed by atoms with Crippen LogP contribution in [0, 0.1) is 18.3 Å². The zero-order valence-corrected chi connectivity index (χ0v) is 15.2. The van der Waals surface area contributed by atoms with Crippen LogP contribution in [0.25, 0.3) is 11.8 Å². The second-order valence-electron chi connectivity index (χ2n) is 6.15. The number of carbonyl (C=O) groups is 1. The molecule has 1 aromatic heterocycles. The van der Waals surface area contributed by atoms with Crippen LogP contribution in [0.15, 0.2) is 66.4 Å². The van der Waals surface area contributed by atoms with Gasteiger partial charge in [0.15, 0.2) is 0 Å². The highest BCUT2D eigenvalue weighted by Gasteiger charge is 2.30. The Morgan fingerprint density at radius 1 is 1.17 bits per heavy atom. The van der Waals surface area contributed by atoms with Crippen molar-refractivity contribution in [2.75, 3.05) is 5.32 Å². The predicted molar refractivity (Wildman–Crippen MR) is 102 cm³/mol. The molecule has 5 nitrogen and oxygen atoms in total. The normalized spacial score (nSPS) is 11.8. The molecule has 0 atom stereocenters. The summed E-state index contributed by atoms with van der Waals surface area (Å²) in [7, 11) is 0. The zero-order chi connectivity index (χ0) is 21.0. The number of para-hydroxylation sites is 1. The molecule has 0 aliphatic rings. The first kappa shape index (κ1) is 19.9. The Bertz CT molecular complexity index is 1110. The third-order valence-electron chi connectivity index (χ3n) is 4.07. The lowest BCUT2D eigenvalue weighted by Crippen LogP contribution is -2.14. The zero-order valence-electron chi connectivity index (χ0n) is 15.2. The third-order valence-corrected chi connectivity index (χ3v) is 4.07. The highest BCUT2D eigenvalue weighted by Crippen LogP contribution is 2.30. The van der Waals surface area contributed by atoms with Crippen LogP contribution in [0.1, 0.15) is 16.8 Å².